The molecule has 9 aromatic carbocycles. The van der Waals surface area contributed by atoms with E-state index in [1.165, 1.54) is 127 Å². The Morgan fingerprint density at radius 1 is 0.493 bits per heavy atom. The van der Waals surface area contributed by atoms with Crippen molar-refractivity contribution in [2.45, 2.75) is 70.9 Å². The summed E-state index contributed by atoms with van der Waals surface area (Å²) < 4.78 is 0. The van der Waals surface area contributed by atoms with Gasteiger partial charge >= 0.3 is 0 Å². The van der Waals surface area contributed by atoms with E-state index in [0.717, 1.165) is 6.42 Å². The average Bonchev–Trinajstić information content (AvgIpc) is 3.69. The van der Waals surface area contributed by atoms with Gasteiger partial charge in [0.05, 0.1) is 0 Å². The highest BCUT2D eigenvalue weighted by atomic mass is 28.3. The molecule has 0 saturated carbocycles. The van der Waals surface area contributed by atoms with Crippen LogP contribution in [-0.4, -0.2) is 8.07 Å². The number of benzene rings is 9. The molecule has 0 bridgehead atoms. The number of fused-ring (bicyclic) bond motifs is 11. The van der Waals surface area contributed by atoms with Crippen molar-refractivity contribution in [1.29, 1.82) is 0 Å². The van der Waals surface area contributed by atoms with Crippen LogP contribution >= 0.6 is 0 Å². The zero-order valence-corrected chi connectivity index (χ0v) is 42.8. The molecule has 1 heterocycles. The van der Waals surface area contributed by atoms with E-state index in [-0.39, 0.29) is 22.7 Å². The number of allylic oxidation sites excluding steroid dienone is 8. The van der Waals surface area contributed by atoms with Crippen molar-refractivity contribution in [2.75, 3.05) is 0 Å². The van der Waals surface area contributed by atoms with Crippen LogP contribution in [0.15, 0.2) is 199 Å². The smallest absolute Gasteiger partial charge is 0.0940 e. The minimum Gasteiger partial charge on any atom is -0.0940 e. The fourth-order valence-corrected chi connectivity index (χ4v) is 17.1. The van der Waals surface area contributed by atoms with Gasteiger partial charge in [-0.25, -0.2) is 0 Å². The first-order valence-electron chi connectivity index (χ1n) is 25.7. The third kappa shape index (κ3) is 5.92. The first-order valence-corrected chi connectivity index (χ1v) is 28.7. The minimum atomic E-state index is -2.08. The second kappa shape index (κ2) is 15.0. The van der Waals surface area contributed by atoms with Gasteiger partial charge in [-0.3, -0.25) is 0 Å². The van der Waals surface area contributed by atoms with E-state index in [2.05, 4.69) is 242 Å². The Balaban J connectivity index is 1.10. The van der Waals surface area contributed by atoms with Crippen molar-refractivity contribution in [3.05, 3.63) is 227 Å². The summed E-state index contributed by atoms with van der Waals surface area (Å²) in [4.78, 5) is 0. The standard InChI is InChI=1S/C70H56Si/c1-42-36-56-51-25-16-18-28-62(51)70(4,5)64(56)40-55(42)68-54-33-30-44(47-35-34-46(43-20-10-8-11-21-43)48-22-14-15-23-49(47)48)37-58(54)67(45-31-32-52-50-24-12-9-13-27-61(50)69(2,3)63(52)38-45)60-41-66-57(39-59(60)68)53-26-17-19-29-65(53)71(66,6)7/h8,10-12,14-26,28-42,55H,27H2,1-7H3. The molecule has 71 heavy (non-hydrogen) atoms. The third-order valence-electron chi connectivity index (χ3n) is 17.8. The molecule has 0 N–H and O–H groups in total. The van der Waals surface area contributed by atoms with Gasteiger partial charge in [0.2, 0.25) is 0 Å². The third-order valence-corrected chi connectivity index (χ3v) is 21.3. The van der Waals surface area contributed by atoms with Crippen LogP contribution in [0.1, 0.15) is 74.8 Å². The van der Waals surface area contributed by atoms with Crippen molar-refractivity contribution in [3.8, 4) is 56.3 Å². The minimum absolute atomic E-state index is 0.105. The molecule has 0 aromatic heterocycles. The van der Waals surface area contributed by atoms with E-state index in [1.54, 1.807) is 10.4 Å². The zero-order valence-electron chi connectivity index (χ0n) is 41.8. The van der Waals surface area contributed by atoms with Gasteiger partial charge in [-0.1, -0.05) is 217 Å². The van der Waals surface area contributed by atoms with E-state index in [1.807, 2.05) is 6.08 Å². The summed E-state index contributed by atoms with van der Waals surface area (Å²) in [5.74, 6) is 7.16. The lowest BCUT2D eigenvalue weighted by Crippen LogP contribution is -2.49. The van der Waals surface area contributed by atoms with Crippen LogP contribution in [0.3, 0.4) is 0 Å². The lowest BCUT2D eigenvalue weighted by atomic mass is 9.71. The molecule has 14 rings (SSSR count). The van der Waals surface area contributed by atoms with Gasteiger partial charge < -0.3 is 0 Å². The molecule has 340 valence electrons. The van der Waals surface area contributed by atoms with Crippen molar-refractivity contribution < 1.29 is 0 Å². The lowest BCUT2D eigenvalue weighted by Gasteiger charge is -2.32. The summed E-state index contributed by atoms with van der Waals surface area (Å²) in [6, 6.07) is 63.3. The zero-order chi connectivity index (χ0) is 48.1. The fourth-order valence-electron chi connectivity index (χ4n) is 14.1. The highest BCUT2D eigenvalue weighted by molar-refractivity contribution is 7.04. The van der Waals surface area contributed by atoms with Crippen molar-refractivity contribution in [2.24, 2.45) is 5.92 Å². The van der Waals surface area contributed by atoms with Crippen LogP contribution in [0.5, 0.6) is 0 Å². The highest BCUT2D eigenvalue weighted by Crippen LogP contribution is 2.57. The predicted octanol–water partition coefficient (Wildman–Crippen LogP) is 17.0. The Bertz CT molecular complexity index is 4050. The van der Waals surface area contributed by atoms with E-state index < -0.39 is 8.07 Å². The van der Waals surface area contributed by atoms with E-state index in [9.17, 15) is 0 Å². The molecule has 2 atom stereocenters. The molecular formula is C70H56Si. The summed E-state index contributed by atoms with van der Waals surface area (Å²) in [7, 11) is -2.08. The van der Waals surface area contributed by atoms with Gasteiger partial charge in [0.1, 0.15) is 8.07 Å². The summed E-state index contributed by atoms with van der Waals surface area (Å²) >= 11 is 0. The summed E-state index contributed by atoms with van der Waals surface area (Å²) in [5.41, 5.74) is 22.9. The van der Waals surface area contributed by atoms with E-state index in [4.69, 9.17) is 0 Å². The Hall–Kier alpha value is -7.50. The highest BCUT2D eigenvalue weighted by Gasteiger charge is 2.43. The maximum Gasteiger partial charge on any atom is 0.113 e. The monoisotopic (exact) mass is 924 g/mol. The van der Waals surface area contributed by atoms with Crippen LogP contribution in [-0.2, 0) is 10.8 Å². The van der Waals surface area contributed by atoms with Crippen molar-refractivity contribution in [3.63, 3.8) is 0 Å². The first kappa shape index (κ1) is 42.4. The van der Waals surface area contributed by atoms with E-state index >= 15 is 0 Å². The van der Waals surface area contributed by atoms with Crippen LogP contribution in [0.25, 0.3) is 88.0 Å². The summed E-state index contributed by atoms with van der Waals surface area (Å²) in [6.45, 7) is 17.3. The normalized spacial score (nSPS) is 19.3. The molecule has 5 aliphatic rings. The number of hydrogen-bond acceptors (Lipinski definition) is 0. The predicted molar refractivity (Wildman–Crippen MR) is 306 cm³/mol. The lowest BCUT2D eigenvalue weighted by molar-refractivity contribution is 0.605. The molecule has 1 heteroatoms. The van der Waals surface area contributed by atoms with Crippen molar-refractivity contribution >= 4 is 61.9 Å². The van der Waals surface area contributed by atoms with Crippen LogP contribution in [0.2, 0.25) is 13.1 Å². The fraction of sp³-hybridized carbons (Fsp3) is 0.171. The molecular weight excluding hydrogens is 869 g/mol. The Morgan fingerprint density at radius 2 is 1.17 bits per heavy atom. The van der Waals surface area contributed by atoms with Crippen LogP contribution in [0.4, 0.5) is 0 Å². The number of hydrogen-bond donors (Lipinski definition) is 0. The second-order valence-electron chi connectivity index (χ2n) is 22.6. The largest absolute Gasteiger partial charge is 0.113 e. The molecule has 0 nitrogen and oxygen atoms in total. The molecule has 0 amide bonds. The molecule has 0 radical (unpaired) electrons. The maximum atomic E-state index is 3.46. The molecule has 0 fully saturated rings. The molecule has 0 spiro atoms. The SMILES string of the molecule is CC1C=C2C(=CC1c1c3ccc(-c4ccc(-c5ccccc5)c5ccccc45)cc3c(-c3ccc4c(c3)C(C)(C)C3=C4C=CC#CC3)c3cc4c(cc13)-c1ccccc1[Si]4(C)C)C(C)(C)c1ccccc12. The summed E-state index contributed by atoms with van der Waals surface area (Å²) in [6.07, 6.45) is 10.4. The molecule has 1 aliphatic heterocycles. The van der Waals surface area contributed by atoms with Crippen LogP contribution in [0, 0.1) is 17.8 Å². The van der Waals surface area contributed by atoms with E-state index in [0.29, 0.717) is 0 Å². The molecule has 4 aliphatic carbocycles. The average molecular weight is 925 g/mol. The van der Waals surface area contributed by atoms with Gasteiger partial charge in [0, 0.05) is 23.2 Å². The van der Waals surface area contributed by atoms with Crippen molar-refractivity contribution in [1.82, 2.24) is 0 Å². The Morgan fingerprint density at radius 3 is 1.97 bits per heavy atom. The Labute approximate surface area is 419 Å². The first-order chi connectivity index (χ1) is 34.4. The van der Waals surface area contributed by atoms with Gasteiger partial charge in [-0.05, 0) is 174 Å². The van der Waals surface area contributed by atoms with Gasteiger partial charge in [0.15, 0.2) is 0 Å². The van der Waals surface area contributed by atoms with Crippen LogP contribution < -0.4 is 10.4 Å². The molecule has 0 saturated heterocycles. The Kier molecular flexibility index (Phi) is 8.96. The number of rotatable bonds is 4. The van der Waals surface area contributed by atoms with Gasteiger partial charge in [-0.2, -0.15) is 0 Å². The topological polar surface area (TPSA) is 0 Å². The second-order valence-corrected chi connectivity index (χ2v) is 26.9. The quantitative estimate of drug-likeness (QED) is 0.0937. The molecule has 9 aromatic rings. The maximum absolute atomic E-state index is 3.46. The van der Waals surface area contributed by atoms with Gasteiger partial charge in [0.25, 0.3) is 0 Å². The molecule has 2 unspecified atom stereocenters. The summed E-state index contributed by atoms with van der Waals surface area (Å²) in [5, 5.41) is 11.0. The van der Waals surface area contributed by atoms with Gasteiger partial charge in [-0.15, -0.1) is 0 Å².